The Morgan fingerprint density at radius 2 is 0.925 bits per heavy atom. The van der Waals surface area contributed by atoms with Crippen molar-refractivity contribution in [3.63, 3.8) is 0 Å². The van der Waals surface area contributed by atoms with Crippen LogP contribution in [0.3, 0.4) is 0 Å². The summed E-state index contributed by atoms with van der Waals surface area (Å²) in [7, 11) is 0. The van der Waals surface area contributed by atoms with E-state index in [-0.39, 0.29) is 13.4 Å². The molecule has 0 amide bonds. The summed E-state index contributed by atoms with van der Waals surface area (Å²) in [5.41, 5.74) is 22.0. The molecule has 4 aliphatic heterocycles. The van der Waals surface area contributed by atoms with Crippen molar-refractivity contribution in [2.75, 3.05) is 0 Å². The molecule has 67 heavy (non-hydrogen) atoms. The van der Waals surface area contributed by atoms with Gasteiger partial charge in [-0.15, -0.1) is 0 Å². The molecule has 17 rings (SSSR count). The third-order valence-electron chi connectivity index (χ3n) is 16.1. The summed E-state index contributed by atoms with van der Waals surface area (Å²) >= 11 is 0. The van der Waals surface area contributed by atoms with Crippen molar-refractivity contribution in [3.8, 4) is 45.5 Å². The van der Waals surface area contributed by atoms with E-state index >= 15 is 0 Å². The van der Waals surface area contributed by atoms with Gasteiger partial charge in [0.05, 0.1) is 16.4 Å². The number of ether oxygens (including phenoxy) is 2. The number of benzene rings is 10. The quantitative estimate of drug-likeness (QED) is 0.162. The van der Waals surface area contributed by atoms with Gasteiger partial charge >= 0.3 is 0 Å². The molecule has 306 valence electrons. The Bertz CT molecular complexity index is 4210. The minimum absolute atomic E-state index is 0.0135. The first-order chi connectivity index (χ1) is 33.3. The van der Waals surface area contributed by atoms with E-state index in [0.29, 0.717) is 0 Å². The van der Waals surface area contributed by atoms with Gasteiger partial charge < -0.3 is 18.6 Å². The van der Waals surface area contributed by atoms with E-state index in [1.165, 1.54) is 121 Å². The van der Waals surface area contributed by atoms with Crippen LogP contribution in [-0.4, -0.2) is 22.6 Å². The van der Waals surface area contributed by atoms with E-state index in [0.717, 1.165) is 23.0 Å². The molecule has 10 aromatic carbocycles. The lowest BCUT2D eigenvalue weighted by Gasteiger charge is -2.36. The van der Waals surface area contributed by atoms with Crippen molar-refractivity contribution in [2.24, 2.45) is 0 Å². The van der Waals surface area contributed by atoms with E-state index < -0.39 is 5.41 Å². The first-order valence-electron chi connectivity index (χ1n) is 23.4. The molecular weight excluding hydrogens is 814 g/mol. The van der Waals surface area contributed by atoms with E-state index in [1.54, 1.807) is 0 Å². The van der Waals surface area contributed by atoms with Crippen LogP contribution in [0.1, 0.15) is 22.3 Å². The molecule has 4 nitrogen and oxygen atoms in total. The Labute approximate surface area is 386 Å². The molecule has 1 aliphatic carbocycles. The Balaban J connectivity index is 0.941. The smallest absolute Gasteiger partial charge is 0.256 e. The molecular formula is C61H34B2N2O2. The summed E-state index contributed by atoms with van der Waals surface area (Å²) in [5, 5.41) is 5.11. The highest BCUT2D eigenvalue weighted by atomic mass is 16.5. The first-order valence-corrected chi connectivity index (χ1v) is 23.4. The molecule has 0 N–H and O–H groups in total. The van der Waals surface area contributed by atoms with Crippen molar-refractivity contribution in [2.45, 2.75) is 5.41 Å². The zero-order chi connectivity index (χ0) is 43.3. The van der Waals surface area contributed by atoms with Gasteiger partial charge in [-0.3, -0.25) is 0 Å². The third-order valence-corrected chi connectivity index (χ3v) is 16.1. The van der Waals surface area contributed by atoms with Crippen LogP contribution in [0.25, 0.3) is 66.1 Å². The number of aromatic nitrogens is 2. The van der Waals surface area contributed by atoms with Gasteiger partial charge in [0.25, 0.3) is 13.4 Å². The van der Waals surface area contributed by atoms with Crippen LogP contribution in [0.5, 0.6) is 23.0 Å². The molecule has 0 unspecified atom stereocenters. The van der Waals surface area contributed by atoms with Gasteiger partial charge in [0.15, 0.2) is 0 Å². The summed E-state index contributed by atoms with van der Waals surface area (Å²) in [5.74, 6) is 3.50. The van der Waals surface area contributed by atoms with Crippen molar-refractivity contribution in [1.29, 1.82) is 0 Å². The highest BCUT2D eigenvalue weighted by Crippen LogP contribution is 2.59. The molecule has 0 saturated carbocycles. The van der Waals surface area contributed by atoms with Crippen molar-refractivity contribution < 1.29 is 9.47 Å². The molecule has 0 radical (unpaired) electrons. The fourth-order valence-electron chi connectivity index (χ4n) is 13.8. The van der Waals surface area contributed by atoms with Crippen molar-refractivity contribution >= 4 is 89.8 Å². The zero-order valence-corrected chi connectivity index (χ0v) is 36.0. The molecule has 6 heterocycles. The monoisotopic (exact) mass is 848 g/mol. The molecule has 0 bridgehead atoms. The van der Waals surface area contributed by atoms with Gasteiger partial charge in [-0.1, -0.05) is 164 Å². The van der Waals surface area contributed by atoms with Gasteiger partial charge in [0, 0.05) is 50.0 Å². The van der Waals surface area contributed by atoms with E-state index in [2.05, 4.69) is 215 Å². The maximum atomic E-state index is 7.09. The summed E-state index contributed by atoms with van der Waals surface area (Å²) in [6.07, 6.45) is 0. The predicted molar refractivity (Wildman–Crippen MR) is 275 cm³/mol. The van der Waals surface area contributed by atoms with Crippen LogP contribution in [-0.2, 0) is 5.41 Å². The maximum Gasteiger partial charge on any atom is 0.256 e. The second kappa shape index (κ2) is 12.0. The Morgan fingerprint density at radius 3 is 1.61 bits per heavy atom. The van der Waals surface area contributed by atoms with Gasteiger partial charge in [0.1, 0.15) is 23.0 Å². The number of fused-ring (bicyclic) bond motifs is 18. The highest BCUT2D eigenvalue weighted by molar-refractivity contribution is 7.02. The molecule has 0 saturated heterocycles. The Morgan fingerprint density at radius 1 is 0.373 bits per heavy atom. The number of hydrogen-bond acceptors (Lipinski definition) is 2. The predicted octanol–water partition coefficient (Wildman–Crippen LogP) is 10.1. The van der Waals surface area contributed by atoms with Gasteiger partial charge in [0.2, 0.25) is 0 Å². The number of para-hydroxylation sites is 3. The second-order valence-corrected chi connectivity index (χ2v) is 19.0. The molecule has 0 atom stereocenters. The largest absolute Gasteiger partial charge is 0.458 e. The van der Waals surface area contributed by atoms with E-state index in [4.69, 9.17) is 9.47 Å². The van der Waals surface area contributed by atoms with E-state index in [1.807, 2.05) is 0 Å². The summed E-state index contributed by atoms with van der Waals surface area (Å²) in [4.78, 5) is 0. The summed E-state index contributed by atoms with van der Waals surface area (Å²) < 4.78 is 19.1. The average molecular weight is 849 g/mol. The fourth-order valence-corrected chi connectivity index (χ4v) is 13.8. The fraction of sp³-hybridized carbons (Fsp3) is 0.0164. The van der Waals surface area contributed by atoms with E-state index in [9.17, 15) is 0 Å². The van der Waals surface area contributed by atoms with Gasteiger partial charge in [-0.05, 0) is 103 Å². The lowest BCUT2D eigenvalue weighted by Crippen LogP contribution is -2.62. The number of rotatable bonds is 2. The molecule has 0 fully saturated rings. The lowest BCUT2D eigenvalue weighted by atomic mass is 9.31. The second-order valence-electron chi connectivity index (χ2n) is 19.0. The molecule has 5 aliphatic rings. The minimum Gasteiger partial charge on any atom is -0.458 e. The zero-order valence-electron chi connectivity index (χ0n) is 36.0. The Hall–Kier alpha value is -8.47. The first kappa shape index (κ1) is 34.9. The average Bonchev–Trinajstić information content (AvgIpc) is 4.02. The molecule has 12 aromatic rings. The maximum absolute atomic E-state index is 7.09. The molecule has 6 heteroatoms. The lowest BCUT2D eigenvalue weighted by molar-refractivity contribution is 0.465. The van der Waals surface area contributed by atoms with Crippen LogP contribution in [0.2, 0.25) is 0 Å². The summed E-state index contributed by atoms with van der Waals surface area (Å²) in [6.45, 7) is -0.0725. The number of hydrogen-bond donors (Lipinski definition) is 0. The molecule has 2 aromatic heterocycles. The minimum atomic E-state index is -0.490. The summed E-state index contributed by atoms with van der Waals surface area (Å²) in [6, 6.07) is 76.6. The molecule has 0 spiro atoms. The van der Waals surface area contributed by atoms with Crippen LogP contribution in [0.4, 0.5) is 0 Å². The van der Waals surface area contributed by atoms with Crippen LogP contribution in [0, 0.1) is 0 Å². The number of nitrogens with zero attached hydrogens (tertiary/aromatic N) is 2. The van der Waals surface area contributed by atoms with Crippen LogP contribution < -0.4 is 42.3 Å². The topological polar surface area (TPSA) is 28.3 Å². The normalized spacial score (nSPS) is 14.6. The standard InChI is InChI=1S/C61H34B2N2O2/c1-3-15-35(16-4-1)61(36-17-5-2-6-18-36)41-23-9-7-20-39(41)55-42(61)31-32-48-56(55)40-22-12-25-44-60(40)65(48)50-28-14-30-52-58(50)63(44)46-33-45-53(34-54(46)67-52)66-51-29-13-27-49-57(51)62(45)43-24-11-21-38-37-19-8-10-26-47(37)64(49)59(38)43/h1-34H. The SMILES string of the molecule is c1ccc(C2(c3ccccc3)c3ccccc3-c3c2ccc2c3c3cccc4c3n2-c2cccc3c2B4c2cc4c(cc2O3)Oc2cccc3c2B4c2cccc4c5ccccc5n-3c24)cc1. The van der Waals surface area contributed by atoms with Crippen molar-refractivity contribution in [1.82, 2.24) is 9.13 Å². The van der Waals surface area contributed by atoms with Crippen LogP contribution >= 0.6 is 0 Å². The Kier molecular flexibility index (Phi) is 6.27. The van der Waals surface area contributed by atoms with Gasteiger partial charge in [-0.2, -0.15) is 0 Å². The van der Waals surface area contributed by atoms with Gasteiger partial charge in [-0.25, -0.2) is 0 Å². The van der Waals surface area contributed by atoms with Crippen LogP contribution in [0.15, 0.2) is 206 Å². The third kappa shape index (κ3) is 4.00. The highest BCUT2D eigenvalue weighted by Gasteiger charge is 2.49. The van der Waals surface area contributed by atoms with Crippen molar-refractivity contribution in [3.05, 3.63) is 229 Å².